The average molecular weight is 202 g/mol. The smallest absolute Gasteiger partial charge is 0.235 e. The summed E-state index contributed by atoms with van der Waals surface area (Å²) in [5.41, 5.74) is 5.28. The lowest BCUT2D eigenvalue weighted by molar-refractivity contribution is -0.119. The summed E-state index contributed by atoms with van der Waals surface area (Å²) in [6.07, 6.45) is 3.55. The Morgan fingerprint density at radius 2 is 2.38 bits per heavy atom. The van der Waals surface area contributed by atoms with Crippen molar-refractivity contribution in [3.8, 4) is 0 Å². The van der Waals surface area contributed by atoms with Gasteiger partial charge in [-0.3, -0.25) is 4.79 Å². The fourth-order valence-electron chi connectivity index (χ4n) is 1.09. The molecule has 76 valence electrons. The van der Waals surface area contributed by atoms with E-state index in [0.717, 1.165) is 17.9 Å². The molecule has 1 fully saturated rings. The number of nitrogens with one attached hydrogen (secondary N) is 1. The van der Waals surface area contributed by atoms with Crippen LogP contribution in [0.3, 0.4) is 0 Å². The first-order chi connectivity index (χ1) is 6.24. The van der Waals surface area contributed by atoms with Crippen LogP contribution in [-0.2, 0) is 4.79 Å². The summed E-state index contributed by atoms with van der Waals surface area (Å²) in [7, 11) is 0. The molecule has 0 aliphatic heterocycles. The van der Waals surface area contributed by atoms with E-state index in [2.05, 4.69) is 12.2 Å². The predicted octanol–water partition coefficient (Wildman–Crippen LogP) is 0.736. The Bertz CT molecular complexity index is 171. The maximum absolute atomic E-state index is 11.0. The lowest BCUT2D eigenvalue weighted by atomic mass is 10.3. The van der Waals surface area contributed by atoms with Gasteiger partial charge in [-0.2, -0.15) is 11.8 Å². The van der Waals surface area contributed by atoms with Gasteiger partial charge in [-0.15, -0.1) is 0 Å². The highest BCUT2D eigenvalue weighted by molar-refractivity contribution is 7.99. The van der Waals surface area contributed by atoms with E-state index in [1.807, 2.05) is 0 Å². The normalized spacial score (nSPS) is 18.5. The number of thioether (sulfide) groups is 1. The number of nitrogens with two attached hydrogens (primary N) is 1. The predicted molar refractivity (Wildman–Crippen MR) is 56.8 cm³/mol. The van der Waals surface area contributed by atoms with Gasteiger partial charge in [-0.1, -0.05) is 6.92 Å². The van der Waals surface area contributed by atoms with Crippen LogP contribution in [0.5, 0.6) is 0 Å². The van der Waals surface area contributed by atoms with Crippen molar-refractivity contribution in [2.24, 2.45) is 5.73 Å². The Balaban J connectivity index is 2.16. The van der Waals surface area contributed by atoms with Crippen LogP contribution in [0.1, 0.15) is 26.2 Å². The van der Waals surface area contributed by atoms with E-state index >= 15 is 0 Å². The second kappa shape index (κ2) is 5.50. The molecule has 0 bridgehead atoms. The van der Waals surface area contributed by atoms with Crippen LogP contribution in [0.4, 0.5) is 0 Å². The highest BCUT2D eigenvalue weighted by Gasteiger charge is 2.26. The van der Waals surface area contributed by atoms with E-state index in [4.69, 9.17) is 5.73 Å². The van der Waals surface area contributed by atoms with E-state index in [1.165, 1.54) is 12.8 Å². The molecule has 0 spiro atoms. The lowest BCUT2D eigenvalue weighted by Gasteiger charge is -2.13. The Morgan fingerprint density at radius 3 is 2.85 bits per heavy atom. The number of amides is 1. The molecular weight excluding hydrogens is 184 g/mol. The largest absolute Gasteiger partial charge is 0.368 e. The van der Waals surface area contributed by atoms with E-state index in [-0.39, 0.29) is 11.9 Å². The average Bonchev–Trinajstić information content (AvgIpc) is 2.86. The standard InChI is InChI=1S/C9H18N2OS/c1-2-5-13-6-8(9(10)12)11-7-3-4-7/h7-8,11H,2-6H2,1H3,(H2,10,12). The fourth-order valence-corrected chi connectivity index (χ4v) is 2.04. The SMILES string of the molecule is CCCSCC(NC1CC1)C(N)=O. The monoisotopic (exact) mass is 202 g/mol. The van der Waals surface area contributed by atoms with E-state index in [9.17, 15) is 4.79 Å². The third-order valence-corrected chi connectivity index (χ3v) is 3.26. The van der Waals surface area contributed by atoms with Gasteiger partial charge in [0.15, 0.2) is 0 Å². The summed E-state index contributed by atoms with van der Waals surface area (Å²) >= 11 is 1.80. The second-order valence-corrected chi connectivity index (χ2v) is 4.62. The zero-order valence-electron chi connectivity index (χ0n) is 8.08. The molecule has 0 aromatic carbocycles. The first-order valence-corrected chi connectivity index (χ1v) is 6.02. The minimum atomic E-state index is -0.212. The molecule has 13 heavy (non-hydrogen) atoms. The Kier molecular flexibility index (Phi) is 4.59. The third kappa shape index (κ3) is 4.52. The van der Waals surface area contributed by atoms with Crippen LogP contribution < -0.4 is 11.1 Å². The molecule has 3 nitrogen and oxygen atoms in total. The van der Waals surface area contributed by atoms with Gasteiger partial charge in [-0.25, -0.2) is 0 Å². The van der Waals surface area contributed by atoms with Crippen molar-refractivity contribution in [3.63, 3.8) is 0 Å². The topological polar surface area (TPSA) is 55.1 Å². The van der Waals surface area contributed by atoms with Crippen LogP contribution in [0.15, 0.2) is 0 Å². The van der Waals surface area contributed by atoms with Crippen molar-refractivity contribution in [1.29, 1.82) is 0 Å². The van der Waals surface area contributed by atoms with Crippen molar-refractivity contribution in [1.82, 2.24) is 5.32 Å². The molecule has 1 unspecified atom stereocenters. The number of carbonyl (C=O) groups excluding carboxylic acids is 1. The van der Waals surface area contributed by atoms with E-state index in [0.29, 0.717) is 6.04 Å². The molecular formula is C9H18N2OS. The van der Waals surface area contributed by atoms with Gasteiger partial charge in [0.05, 0.1) is 6.04 Å². The van der Waals surface area contributed by atoms with Crippen LogP contribution in [0.2, 0.25) is 0 Å². The minimum Gasteiger partial charge on any atom is -0.368 e. The number of hydrogen-bond acceptors (Lipinski definition) is 3. The van der Waals surface area contributed by atoms with Gasteiger partial charge < -0.3 is 11.1 Å². The van der Waals surface area contributed by atoms with Crippen molar-refractivity contribution in [2.75, 3.05) is 11.5 Å². The van der Waals surface area contributed by atoms with Gasteiger partial charge >= 0.3 is 0 Å². The number of primary amides is 1. The van der Waals surface area contributed by atoms with Gasteiger partial charge in [0.2, 0.25) is 5.91 Å². The molecule has 0 heterocycles. The Hall–Kier alpha value is -0.220. The molecule has 0 aromatic rings. The number of hydrogen-bond donors (Lipinski definition) is 2. The zero-order valence-corrected chi connectivity index (χ0v) is 8.90. The minimum absolute atomic E-state index is 0.121. The van der Waals surface area contributed by atoms with E-state index in [1.54, 1.807) is 11.8 Å². The maximum atomic E-state index is 11.0. The Morgan fingerprint density at radius 1 is 1.69 bits per heavy atom. The molecule has 0 aromatic heterocycles. The molecule has 1 aliphatic rings. The van der Waals surface area contributed by atoms with Crippen molar-refractivity contribution in [2.45, 2.75) is 38.3 Å². The lowest BCUT2D eigenvalue weighted by Crippen LogP contribution is -2.44. The summed E-state index contributed by atoms with van der Waals surface area (Å²) < 4.78 is 0. The molecule has 1 aliphatic carbocycles. The highest BCUT2D eigenvalue weighted by atomic mass is 32.2. The van der Waals surface area contributed by atoms with Crippen LogP contribution in [-0.4, -0.2) is 29.5 Å². The summed E-state index contributed by atoms with van der Waals surface area (Å²) in [5, 5.41) is 3.25. The molecule has 1 amide bonds. The summed E-state index contributed by atoms with van der Waals surface area (Å²) in [6, 6.07) is 0.434. The Labute approximate surface area is 83.8 Å². The van der Waals surface area contributed by atoms with Gasteiger partial charge in [0.1, 0.15) is 0 Å². The fraction of sp³-hybridized carbons (Fsp3) is 0.889. The summed E-state index contributed by atoms with van der Waals surface area (Å²) in [5.74, 6) is 1.71. The molecule has 3 N–H and O–H groups in total. The van der Waals surface area contributed by atoms with Gasteiger partial charge in [-0.05, 0) is 25.0 Å². The number of carbonyl (C=O) groups is 1. The van der Waals surface area contributed by atoms with Crippen molar-refractivity contribution < 1.29 is 4.79 Å². The van der Waals surface area contributed by atoms with Crippen LogP contribution in [0, 0.1) is 0 Å². The third-order valence-electron chi connectivity index (χ3n) is 1.99. The summed E-state index contributed by atoms with van der Waals surface area (Å²) in [6.45, 7) is 2.14. The quantitative estimate of drug-likeness (QED) is 0.599. The van der Waals surface area contributed by atoms with Crippen molar-refractivity contribution >= 4 is 17.7 Å². The zero-order chi connectivity index (χ0) is 9.68. The molecule has 1 saturated carbocycles. The van der Waals surface area contributed by atoms with Crippen molar-refractivity contribution in [3.05, 3.63) is 0 Å². The highest BCUT2D eigenvalue weighted by Crippen LogP contribution is 2.20. The first-order valence-electron chi connectivity index (χ1n) is 4.87. The molecule has 1 atom stereocenters. The molecule has 0 radical (unpaired) electrons. The van der Waals surface area contributed by atoms with E-state index < -0.39 is 0 Å². The van der Waals surface area contributed by atoms with Gasteiger partial charge in [0.25, 0.3) is 0 Å². The van der Waals surface area contributed by atoms with Crippen LogP contribution in [0.25, 0.3) is 0 Å². The first kappa shape index (κ1) is 10.9. The summed E-state index contributed by atoms with van der Waals surface area (Å²) in [4.78, 5) is 11.0. The maximum Gasteiger partial charge on any atom is 0.235 e. The van der Waals surface area contributed by atoms with Gasteiger partial charge in [0, 0.05) is 11.8 Å². The number of rotatable bonds is 7. The molecule has 1 rings (SSSR count). The molecule has 4 heteroatoms. The second-order valence-electron chi connectivity index (χ2n) is 3.47. The molecule has 0 saturated heterocycles. The van der Waals surface area contributed by atoms with Crippen LogP contribution >= 0.6 is 11.8 Å².